The fourth-order valence-corrected chi connectivity index (χ4v) is 6.27. The Morgan fingerprint density at radius 2 is 1.00 bits per heavy atom. The Morgan fingerprint density at radius 3 is 1.44 bits per heavy atom. The van der Waals surface area contributed by atoms with Crippen LogP contribution in [0.3, 0.4) is 0 Å². The molecule has 2 N–H and O–H groups in total. The Bertz CT molecular complexity index is 869. The van der Waals surface area contributed by atoms with Crippen molar-refractivity contribution in [2.75, 3.05) is 0 Å². The van der Waals surface area contributed by atoms with E-state index < -0.39 is 7.28 Å². The molecule has 0 heterocycles. The van der Waals surface area contributed by atoms with E-state index in [1.165, 1.54) is 0 Å². The molecule has 0 atom stereocenters. The molecule has 0 aliphatic carbocycles. The van der Waals surface area contributed by atoms with Gasteiger partial charge in [0.1, 0.15) is 0 Å². The van der Waals surface area contributed by atoms with Gasteiger partial charge in [0.2, 0.25) is 0 Å². The second-order valence-corrected chi connectivity index (χ2v) is 9.42. The minimum absolute atomic E-state index is 0.422. The molecule has 3 aromatic rings. The molecule has 0 aliphatic rings. The van der Waals surface area contributed by atoms with Gasteiger partial charge in [0, 0.05) is 0 Å². The molecule has 0 fully saturated rings. The third kappa shape index (κ3) is 3.07. The molecular formula is C21H23O3P. The number of hydrogen-bond donors (Lipinski definition) is 2. The van der Waals surface area contributed by atoms with E-state index in [0.29, 0.717) is 16.4 Å². The fraction of sp³-hybridized carbons (Fsp3) is 0.143. The zero-order valence-corrected chi connectivity index (χ0v) is 15.6. The van der Waals surface area contributed by atoms with Crippen LogP contribution in [-0.2, 0) is 0 Å². The summed E-state index contributed by atoms with van der Waals surface area (Å²) in [7, 11) is -4.87. The molecule has 3 rings (SSSR count). The molecule has 0 unspecified atom stereocenters. The Hall–Kier alpha value is -2.19. The van der Waals surface area contributed by atoms with E-state index in [2.05, 4.69) is 0 Å². The van der Waals surface area contributed by atoms with Crippen LogP contribution in [0.4, 0.5) is 0 Å². The van der Waals surface area contributed by atoms with Crippen LogP contribution in [-0.4, -0.2) is 9.79 Å². The van der Waals surface area contributed by atoms with Crippen molar-refractivity contribution >= 4 is 17.9 Å². The zero-order valence-electron chi connectivity index (χ0n) is 14.7. The Kier molecular flexibility index (Phi) is 4.42. The van der Waals surface area contributed by atoms with Gasteiger partial charge in [-0.25, -0.2) is 0 Å². The molecule has 3 nitrogen and oxygen atoms in total. The van der Waals surface area contributed by atoms with Gasteiger partial charge in [-0.3, -0.25) is 0 Å². The van der Waals surface area contributed by atoms with Gasteiger partial charge in [0.15, 0.2) is 0 Å². The van der Waals surface area contributed by atoms with Crippen molar-refractivity contribution in [2.24, 2.45) is 0 Å². The van der Waals surface area contributed by atoms with Gasteiger partial charge >= 0.3 is 148 Å². The van der Waals surface area contributed by atoms with E-state index in [4.69, 9.17) is 4.52 Å². The third-order valence-electron chi connectivity index (χ3n) is 4.46. The third-order valence-corrected chi connectivity index (χ3v) is 7.75. The molecule has 0 spiro atoms. The Morgan fingerprint density at radius 1 is 0.600 bits per heavy atom. The van der Waals surface area contributed by atoms with Crippen LogP contribution in [0.5, 0.6) is 5.75 Å². The van der Waals surface area contributed by atoms with E-state index in [0.717, 1.165) is 16.7 Å². The molecule has 0 aliphatic heterocycles. The number of aryl methyl sites for hydroxylation is 3. The first-order valence-corrected chi connectivity index (χ1v) is 10.3. The summed E-state index contributed by atoms with van der Waals surface area (Å²) < 4.78 is 6.10. The van der Waals surface area contributed by atoms with Crippen molar-refractivity contribution < 1.29 is 14.3 Å². The monoisotopic (exact) mass is 354 g/mol. The molecule has 0 aromatic heterocycles. The number of para-hydroxylation sites is 1. The molecular weight excluding hydrogens is 331 g/mol. The van der Waals surface area contributed by atoms with Crippen molar-refractivity contribution in [1.29, 1.82) is 0 Å². The van der Waals surface area contributed by atoms with Gasteiger partial charge in [-0.2, -0.15) is 0 Å². The first-order chi connectivity index (χ1) is 11.8. The summed E-state index contributed by atoms with van der Waals surface area (Å²) in [5.74, 6) is 0.469. The summed E-state index contributed by atoms with van der Waals surface area (Å²) in [6, 6.07) is 21.9. The second kappa shape index (κ2) is 6.27. The van der Waals surface area contributed by atoms with Crippen molar-refractivity contribution in [3.8, 4) is 5.75 Å². The predicted octanol–water partition coefficient (Wildman–Crippen LogP) is 3.92. The molecule has 4 heteroatoms. The van der Waals surface area contributed by atoms with Crippen LogP contribution in [0.1, 0.15) is 16.7 Å². The topological polar surface area (TPSA) is 49.7 Å². The maximum atomic E-state index is 11.8. The molecule has 0 amide bonds. The Balaban J connectivity index is 2.31. The molecule has 0 saturated carbocycles. The summed E-state index contributed by atoms with van der Waals surface area (Å²) in [4.78, 5) is 23.6. The fourth-order valence-electron chi connectivity index (χ4n) is 3.10. The summed E-state index contributed by atoms with van der Waals surface area (Å²) in [5.41, 5.74) is 2.41. The number of rotatable bonds is 4. The first-order valence-electron chi connectivity index (χ1n) is 8.22. The zero-order chi connectivity index (χ0) is 18.1. The summed E-state index contributed by atoms with van der Waals surface area (Å²) >= 11 is 0. The van der Waals surface area contributed by atoms with Crippen molar-refractivity contribution in [3.05, 3.63) is 89.5 Å². The minimum atomic E-state index is -4.87. The van der Waals surface area contributed by atoms with Gasteiger partial charge in [0.25, 0.3) is 0 Å². The standard InChI is InChI=1S/C21H23O3P/c1-16-10-4-7-13-19(16)24-25(22,23,20-14-8-5-11-17(20)2)21-15-9-6-12-18(21)3/h4-15,22-23H,1-3H3. The van der Waals surface area contributed by atoms with Crippen LogP contribution in [0.2, 0.25) is 0 Å². The van der Waals surface area contributed by atoms with Gasteiger partial charge in [-0.05, 0) is 0 Å². The van der Waals surface area contributed by atoms with Gasteiger partial charge in [-0.15, -0.1) is 0 Å². The van der Waals surface area contributed by atoms with Crippen LogP contribution in [0.15, 0.2) is 72.8 Å². The average molecular weight is 354 g/mol. The van der Waals surface area contributed by atoms with E-state index in [9.17, 15) is 9.79 Å². The number of hydrogen-bond acceptors (Lipinski definition) is 3. The molecule has 25 heavy (non-hydrogen) atoms. The van der Waals surface area contributed by atoms with Crippen LogP contribution in [0, 0.1) is 20.8 Å². The predicted molar refractivity (Wildman–Crippen MR) is 105 cm³/mol. The Labute approximate surface area is 148 Å². The van der Waals surface area contributed by atoms with Crippen molar-refractivity contribution in [3.63, 3.8) is 0 Å². The van der Waals surface area contributed by atoms with Crippen molar-refractivity contribution in [2.45, 2.75) is 20.8 Å². The van der Waals surface area contributed by atoms with E-state index >= 15 is 0 Å². The van der Waals surface area contributed by atoms with Crippen LogP contribution >= 0.6 is 7.28 Å². The van der Waals surface area contributed by atoms with E-state index in [1.807, 2.05) is 63.2 Å². The quantitative estimate of drug-likeness (QED) is 0.698. The molecule has 130 valence electrons. The summed E-state index contributed by atoms with van der Waals surface area (Å²) in [5, 5.41) is 0.845. The SMILES string of the molecule is Cc1ccccc1OP(O)(O)(c1ccccc1C)c1ccccc1C. The molecule has 0 saturated heterocycles. The van der Waals surface area contributed by atoms with Crippen LogP contribution in [0.25, 0.3) is 0 Å². The van der Waals surface area contributed by atoms with Crippen LogP contribution < -0.4 is 15.1 Å². The maximum absolute atomic E-state index is 11.8. The van der Waals surface area contributed by atoms with E-state index in [-0.39, 0.29) is 0 Å². The van der Waals surface area contributed by atoms with Crippen molar-refractivity contribution in [1.82, 2.24) is 0 Å². The second-order valence-electron chi connectivity index (χ2n) is 6.38. The normalized spacial score (nSPS) is 13.1. The van der Waals surface area contributed by atoms with Gasteiger partial charge in [0.05, 0.1) is 0 Å². The number of benzene rings is 3. The van der Waals surface area contributed by atoms with Gasteiger partial charge in [-0.1, -0.05) is 0 Å². The summed E-state index contributed by atoms with van der Waals surface area (Å²) in [6.07, 6.45) is 0. The first kappa shape index (κ1) is 17.6. The molecule has 3 aromatic carbocycles. The average Bonchev–Trinajstić information content (AvgIpc) is 2.58. The summed E-state index contributed by atoms with van der Waals surface area (Å²) in [6.45, 7) is 5.62. The molecule has 0 bridgehead atoms. The van der Waals surface area contributed by atoms with Gasteiger partial charge < -0.3 is 0 Å². The molecule has 0 radical (unpaired) electrons. The van der Waals surface area contributed by atoms with E-state index in [1.54, 1.807) is 30.3 Å².